The molecule has 0 saturated heterocycles. The van der Waals surface area contributed by atoms with Crippen LogP contribution in [0.2, 0.25) is 0 Å². The molecule has 1 rings (SSSR count). The lowest BCUT2D eigenvalue weighted by atomic mass is 10.0. The third kappa shape index (κ3) is 1.54. The standard InChI is InChI=1S/C6H8O3/c1-6(8)2-3-9-5(7)4-6/h2-3,8H,4H2,1H3. The number of cyclic esters (lactones) is 1. The van der Waals surface area contributed by atoms with Gasteiger partial charge in [0.25, 0.3) is 0 Å². The monoisotopic (exact) mass is 128 g/mol. The molecule has 0 spiro atoms. The highest BCUT2D eigenvalue weighted by atomic mass is 16.5. The summed E-state index contributed by atoms with van der Waals surface area (Å²) in [5.74, 6) is -0.387. The van der Waals surface area contributed by atoms with Crippen LogP contribution in [0.5, 0.6) is 0 Å². The first-order valence-corrected chi connectivity index (χ1v) is 2.70. The maximum atomic E-state index is 10.4. The summed E-state index contributed by atoms with van der Waals surface area (Å²) in [6, 6.07) is 0. The average molecular weight is 128 g/mol. The molecule has 0 amide bonds. The molecule has 0 fully saturated rings. The van der Waals surface area contributed by atoms with Gasteiger partial charge in [0.15, 0.2) is 0 Å². The molecule has 3 heteroatoms. The van der Waals surface area contributed by atoms with E-state index in [2.05, 4.69) is 4.74 Å². The molecule has 50 valence electrons. The quantitative estimate of drug-likeness (QED) is 0.474. The van der Waals surface area contributed by atoms with Gasteiger partial charge in [0, 0.05) is 0 Å². The minimum absolute atomic E-state index is 0.0451. The molecular formula is C6H8O3. The maximum absolute atomic E-state index is 10.4. The van der Waals surface area contributed by atoms with Gasteiger partial charge in [-0.1, -0.05) is 0 Å². The predicted molar refractivity (Wildman–Crippen MR) is 30.5 cm³/mol. The SMILES string of the molecule is CC1(O)C=COC(=O)C1. The van der Waals surface area contributed by atoms with Crippen LogP contribution in [0.25, 0.3) is 0 Å². The Morgan fingerprint density at radius 2 is 2.56 bits per heavy atom. The first kappa shape index (κ1) is 6.29. The molecule has 3 nitrogen and oxygen atoms in total. The van der Waals surface area contributed by atoms with E-state index >= 15 is 0 Å². The zero-order valence-corrected chi connectivity index (χ0v) is 5.13. The molecule has 0 saturated carbocycles. The normalized spacial score (nSPS) is 34.2. The smallest absolute Gasteiger partial charge is 0.313 e. The van der Waals surface area contributed by atoms with Gasteiger partial charge in [0.1, 0.15) is 0 Å². The molecule has 0 aromatic rings. The van der Waals surface area contributed by atoms with Gasteiger partial charge in [-0.25, -0.2) is 0 Å². The number of hydrogen-bond donors (Lipinski definition) is 1. The molecule has 9 heavy (non-hydrogen) atoms. The first-order valence-electron chi connectivity index (χ1n) is 2.70. The Morgan fingerprint density at radius 1 is 1.89 bits per heavy atom. The van der Waals surface area contributed by atoms with Crippen molar-refractivity contribution < 1.29 is 14.6 Å². The fraction of sp³-hybridized carbons (Fsp3) is 0.500. The lowest BCUT2D eigenvalue weighted by molar-refractivity contribution is -0.143. The molecule has 0 aromatic carbocycles. The average Bonchev–Trinajstić information content (AvgIpc) is 1.60. The van der Waals surface area contributed by atoms with Crippen molar-refractivity contribution in [2.45, 2.75) is 18.9 Å². The van der Waals surface area contributed by atoms with Crippen LogP contribution in [0.15, 0.2) is 12.3 Å². The molecule has 1 unspecified atom stereocenters. The third-order valence-electron chi connectivity index (χ3n) is 1.13. The minimum Gasteiger partial charge on any atom is -0.435 e. The molecule has 0 radical (unpaired) electrons. The topological polar surface area (TPSA) is 46.5 Å². The summed E-state index contributed by atoms with van der Waals surface area (Å²) in [6.07, 6.45) is 2.71. The van der Waals surface area contributed by atoms with Crippen molar-refractivity contribution in [3.05, 3.63) is 12.3 Å². The van der Waals surface area contributed by atoms with Crippen molar-refractivity contribution in [2.24, 2.45) is 0 Å². The van der Waals surface area contributed by atoms with Crippen molar-refractivity contribution >= 4 is 5.97 Å². The number of rotatable bonds is 0. The fourth-order valence-electron chi connectivity index (χ4n) is 0.649. The number of esters is 1. The Hall–Kier alpha value is -0.830. The highest BCUT2D eigenvalue weighted by Gasteiger charge is 2.25. The predicted octanol–water partition coefficient (Wildman–Crippen LogP) is 0.198. The number of ether oxygens (including phenoxy) is 1. The number of hydrogen-bond acceptors (Lipinski definition) is 3. The Labute approximate surface area is 52.9 Å². The number of aliphatic hydroxyl groups is 1. The van der Waals surface area contributed by atoms with Gasteiger partial charge in [0.05, 0.1) is 18.3 Å². The van der Waals surface area contributed by atoms with Crippen molar-refractivity contribution in [2.75, 3.05) is 0 Å². The van der Waals surface area contributed by atoms with E-state index in [1.807, 2.05) is 0 Å². The highest BCUT2D eigenvalue weighted by molar-refractivity contribution is 5.72. The second kappa shape index (κ2) is 1.84. The summed E-state index contributed by atoms with van der Waals surface area (Å²) in [5.41, 5.74) is -1.00. The zero-order valence-electron chi connectivity index (χ0n) is 5.13. The van der Waals surface area contributed by atoms with Gasteiger partial charge in [-0.15, -0.1) is 0 Å². The molecule has 0 bridgehead atoms. The maximum Gasteiger partial charge on any atom is 0.313 e. The van der Waals surface area contributed by atoms with Gasteiger partial charge in [-0.2, -0.15) is 0 Å². The number of carbonyl (C=O) groups excluding carboxylic acids is 1. The van der Waals surface area contributed by atoms with Crippen LogP contribution in [0.1, 0.15) is 13.3 Å². The van der Waals surface area contributed by atoms with Crippen LogP contribution in [0, 0.1) is 0 Å². The molecule has 1 atom stereocenters. The fourth-order valence-corrected chi connectivity index (χ4v) is 0.649. The molecule has 1 aliphatic heterocycles. The summed E-state index contributed by atoms with van der Waals surface area (Å²) in [6.45, 7) is 1.56. The lowest BCUT2D eigenvalue weighted by Gasteiger charge is -2.20. The van der Waals surface area contributed by atoms with E-state index in [9.17, 15) is 4.79 Å². The van der Waals surface area contributed by atoms with Gasteiger partial charge in [0.2, 0.25) is 0 Å². The van der Waals surface area contributed by atoms with Crippen molar-refractivity contribution in [1.82, 2.24) is 0 Å². The first-order chi connectivity index (χ1) is 4.10. The summed E-state index contributed by atoms with van der Waals surface area (Å²) in [5, 5.41) is 9.16. The van der Waals surface area contributed by atoms with Gasteiger partial charge in [-0.05, 0) is 13.0 Å². The Morgan fingerprint density at radius 3 is 2.89 bits per heavy atom. The van der Waals surface area contributed by atoms with E-state index in [0.29, 0.717) is 0 Å². The summed E-state index contributed by atoms with van der Waals surface area (Å²) < 4.78 is 4.43. The van der Waals surface area contributed by atoms with Crippen molar-refractivity contribution in [1.29, 1.82) is 0 Å². The van der Waals surface area contributed by atoms with E-state index in [1.54, 1.807) is 6.92 Å². The largest absolute Gasteiger partial charge is 0.435 e. The molecule has 1 N–H and O–H groups in total. The van der Waals surface area contributed by atoms with Crippen LogP contribution in [-0.2, 0) is 9.53 Å². The van der Waals surface area contributed by atoms with Crippen LogP contribution < -0.4 is 0 Å². The summed E-state index contributed by atoms with van der Waals surface area (Å²) in [7, 11) is 0. The summed E-state index contributed by atoms with van der Waals surface area (Å²) >= 11 is 0. The van der Waals surface area contributed by atoms with Crippen molar-refractivity contribution in [3.8, 4) is 0 Å². The van der Waals surface area contributed by atoms with E-state index in [4.69, 9.17) is 5.11 Å². The second-order valence-electron chi connectivity index (χ2n) is 2.33. The van der Waals surface area contributed by atoms with Crippen molar-refractivity contribution in [3.63, 3.8) is 0 Å². The van der Waals surface area contributed by atoms with Gasteiger partial charge < -0.3 is 9.84 Å². The van der Waals surface area contributed by atoms with Crippen LogP contribution in [0.3, 0.4) is 0 Å². The van der Waals surface area contributed by atoms with Crippen LogP contribution >= 0.6 is 0 Å². The lowest BCUT2D eigenvalue weighted by Crippen LogP contribution is -2.28. The highest BCUT2D eigenvalue weighted by Crippen LogP contribution is 2.15. The Bertz CT molecular complexity index is 158. The van der Waals surface area contributed by atoms with Crippen LogP contribution in [-0.4, -0.2) is 16.7 Å². The third-order valence-corrected chi connectivity index (χ3v) is 1.13. The van der Waals surface area contributed by atoms with Gasteiger partial charge >= 0.3 is 5.97 Å². The Kier molecular flexibility index (Phi) is 1.29. The van der Waals surface area contributed by atoms with E-state index < -0.39 is 5.60 Å². The molecule has 1 aliphatic rings. The second-order valence-corrected chi connectivity index (χ2v) is 2.33. The van der Waals surface area contributed by atoms with E-state index in [-0.39, 0.29) is 12.4 Å². The van der Waals surface area contributed by atoms with Gasteiger partial charge in [-0.3, -0.25) is 4.79 Å². The molecular weight excluding hydrogens is 120 g/mol. The zero-order chi connectivity index (χ0) is 6.91. The molecule has 0 aliphatic carbocycles. The Balaban J connectivity index is 2.71. The van der Waals surface area contributed by atoms with E-state index in [1.165, 1.54) is 12.3 Å². The minimum atomic E-state index is -1.00. The molecule has 1 heterocycles. The summed E-state index contributed by atoms with van der Waals surface area (Å²) in [4.78, 5) is 10.4. The van der Waals surface area contributed by atoms with E-state index in [0.717, 1.165) is 0 Å². The van der Waals surface area contributed by atoms with Crippen LogP contribution in [0.4, 0.5) is 0 Å². The number of carbonyl (C=O) groups is 1. The molecule has 0 aromatic heterocycles.